The lowest BCUT2D eigenvalue weighted by atomic mass is 10.1. The zero-order valence-electron chi connectivity index (χ0n) is 6.55. The quantitative estimate of drug-likeness (QED) is 0.568. The van der Waals surface area contributed by atoms with Gasteiger partial charge in [-0.25, -0.2) is 4.39 Å². The molecule has 1 aromatic rings. The predicted octanol–water partition coefficient (Wildman–Crippen LogP) is 2.94. The van der Waals surface area contributed by atoms with Crippen LogP contribution in [0.25, 0.3) is 0 Å². The summed E-state index contributed by atoms with van der Waals surface area (Å²) in [4.78, 5) is 0. The standard InChI is InChI=1S/C10H11F/c1-2-3-5-9-6-4-7-10(11)8-9/h2-4,6-8H,5H2,1H3. The minimum Gasteiger partial charge on any atom is -0.207 e. The number of halogens is 1. The number of hydrogen-bond donors (Lipinski definition) is 0. The van der Waals surface area contributed by atoms with Gasteiger partial charge in [-0.05, 0) is 31.0 Å². The lowest BCUT2D eigenvalue weighted by Crippen LogP contribution is -1.81. The summed E-state index contributed by atoms with van der Waals surface area (Å²) in [5.41, 5.74) is 1.02. The molecule has 0 aromatic heterocycles. The fourth-order valence-corrected chi connectivity index (χ4v) is 0.918. The Labute approximate surface area is 66.4 Å². The zero-order valence-corrected chi connectivity index (χ0v) is 6.55. The summed E-state index contributed by atoms with van der Waals surface area (Å²) in [6.07, 6.45) is 4.79. The van der Waals surface area contributed by atoms with Crippen molar-refractivity contribution in [1.29, 1.82) is 0 Å². The van der Waals surface area contributed by atoms with E-state index in [9.17, 15) is 4.39 Å². The molecule has 0 unspecified atom stereocenters. The van der Waals surface area contributed by atoms with Crippen LogP contribution in [0.2, 0.25) is 0 Å². The van der Waals surface area contributed by atoms with E-state index in [0.29, 0.717) is 0 Å². The smallest absolute Gasteiger partial charge is 0.123 e. The van der Waals surface area contributed by atoms with Crippen molar-refractivity contribution in [3.63, 3.8) is 0 Å². The minimum absolute atomic E-state index is 0.160. The maximum absolute atomic E-state index is 12.6. The van der Waals surface area contributed by atoms with E-state index in [2.05, 4.69) is 0 Å². The van der Waals surface area contributed by atoms with Crippen LogP contribution in [0.1, 0.15) is 12.5 Å². The Morgan fingerprint density at radius 3 is 2.91 bits per heavy atom. The first-order valence-corrected chi connectivity index (χ1v) is 3.68. The van der Waals surface area contributed by atoms with Gasteiger partial charge in [0.15, 0.2) is 0 Å². The van der Waals surface area contributed by atoms with Gasteiger partial charge in [0.1, 0.15) is 5.82 Å². The molecule has 1 aromatic carbocycles. The van der Waals surface area contributed by atoms with Crippen LogP contribution < -0.4 is 0 Å². The molecule has 0 aliphatic carbocycles. The molecular weight excluding hydrogens is 139 g/mol. The van der Waals surface area contributed by atoms with Crippen LogP contribution in [0.4, 0.5) is 4.39 Å². The average Bonchev–Trinajstić information content (AvgIpc) is 2.01. The molecule has 0 N–H and O–H groups in total. The van der Waals surface area contributed by atoms with E-state index < -0.39 is 0 Å². The van der Waals surface area contributed by atoms with Gasteiger partial charge in [0.05, 0.1) is 0 Å². The van der Waals surface area contributed by atoms with E-state index in [-0.39, 0.29) is 5.82 Å². The summed E-state index contributed by atoms with van der Waals surface area (Å²) in [6.45, 7) is 1.96. The van der Waals surface area contributed by atoms with Crippen molar-refractivity contribution in [3.8, 4) is 0 Å². The summed E-state index contributed by atoms with van der Waals surface area (Å²) < 4.78 is 12.6. The number of allylic oxidation sites excluding steroid dienone is 2. The van der Waals surface area contributed by atoms with Gasteiger partial charge in [0.2, 0.25) is 0 Å². The minimum atomic E-state index is -0.160. The number of hydrogen-bond acceptors (Lipinski definition) is 0. The average molecular weight is 150 g/mol. The Hall–Kier alpha value is -1.11. The van der Waals surface area contributed by atoms with Gasteiger partial charge in [0, 0.05) is 0 Å². The van der Waals surface area contributed by atoms with E-state index in [1.165, 1.54) is 6.07 Å². The van der Waals surface area contributed by atoms with Gasteiger partial charge in [-0.1, -0.05) is 24.3 Å². The van der Waals surface area contributed by atoms with Gasteiger partial charge in [-0.15, -0.1) is 0 Å². The molecule has 0 amide bonds. The Bertz CT molecular complexity index is 251. The van der Waals surface area contributed by atoms with Crippen LogP contribution >= 0.6 is 0 Å². The Morgan fingerprint density at radius 1 is 1.45 bits per heavy atom. The summed E-state index contributed by atoms with van der Waals surface area (Å²) in [5.74, 6) is -0.160. The molecule has 0 nitrogen and oxygen atoms in total. The van der Waals surface area contributed by atoms with E-state index >= 15 is 0 Å². The summed E-state index contributed by atoms with van der Waals surface area (Å²) >= 11 is 0. The summed E-state index contributed by atoms with van der Waals surface area (Å²) in [6, 6.07) is 6.66. The molecule has 0 radical (unpaired) electrons. The highest BCUT2D eigenvalue weighted by Gasteiger charge is 1.90. The molecule has 1 heteroatoms. The van der Waals surface area contributed by atoms with Gasteiger partial charge < -0.3 is 0 Å². The Kier molecular flexibility index (Phi) is 2.84. The van der Waals surface area contributed by atoms with Crippen LogP contribution in [0, 0.1) is 5.82 Å². The molecule has 0 heterocycles. The Balaban J connectivity index is 2.71. The fraction of sp³-hybridized carbons (Fsp3) is 0.200. The number of benzene rings is 1. The van der Waals surface area contributed by atoms with Gasteiger partial charge in [-0.3, -0.25) is 0 Å². The molecule has 0 spiro atoms. The molecule has 0 atom stereocenters. The molecule has 0 saturated heterocycles. The summed E-state index contributed by atoms with van der Waals surface area (Å²) in [7, 11) is 0. The highest BCUT2D eigenvalue weighted by Crippen LogP contribution is 2.04. The molecule has 0 aliphatic rings. The first-order chi connectivity index (χ1) is 5.33. The first-order valence-electron chi connectivity index (χ1n) is 3.68. The predicted molar refractivity (Wildman–Crippen MR) is 44.9 cm³/mol. The van der Waals surface area contributed by atoms with Gasteiger partial charge in [0.25, 0.3) is 0 Å². The molecular formula is C10H11F. The lowest BCUT2D eigenvalue weighted by molar-refractivity contribution is 0.626. The fourth-order valence-electron chi connectivity index (χ4n) is 0.918. The van der Waals surface area contributed by atoms with Crippen LogP contribution in [-0.2, 0) is 6.42 Å². The van der Waals surface area contributed by atoms with E-state index in [0.717, 1.165) is 12.0 Å². The third kappa shape index (κ3) is 2.54. The van der Waals surface area contributed by atoms with Crippen molar-refractivity contribution in [2.24, 2.45) is 0 Å². The molecule has 11 heavy (non-hydrogen) atoms. The largest absolute Gasteiger partial charge is 0.207 e. The van der Waals surface area contributed by atoms with Crippen LogP contribution in [0.3, 0.4) is 0 Å². The first kappa shape index (κ1) is 7.99. The number of rotatable bonds is 2. The van der Waals surface area contributed by atoms with Crippen molar-refractivity contribution >= 4 is 0 Å². The van der Waals surface area contributed by atoms with Crippen molar-refractivity contribution in [3.05, 3.63) is 47.8 Å². The van der Waals surface area contributed by atoms with Crippen molar-refractivity contribution in [2.45, 2.75) is 13.3 Å². The normalized spacial score (nSPS) is 10.7. The van der Waals surface area contributed by atoms with Crippen molar-refractivity contribution in [1.82, 2.24) is 0 Å². The van der Waals surface area contributed by atoms with Gasteiger partial charge in [-0.2, -0.15) is 0 Å². The molecule has 0 fully saturated rings. The van der Waals surface area contributed by atoms with E-state index in [1.54, 1.807) is 12.1 Å². The SMILES string of the molecule is CC=CCc1cccc(F)c1. The highest BCUT2D eigenvalue weighted by molar-refractivity contribution is 5.18. The second-order valence-electron chi connectivity index (χ2n) is 2.40. The zero-order chi connectivity index (χ0) is 8.10. The molecule has 0 aliphatic heterocycles. The second kappa shape index (κ2) is 3.91. The molecule has 0 bridgehead atoms. The maximum atomic E-state index is 12.6. The van der Waals surface area contributed by atoms with Crippen molar-refractivity contribution in [2.75, 3.05) is 0 Å². The Morgan fingerprint density at radius 2 is 2.27 bits per heavy atom. The van der Waals surface area contributed by atoms with Crippen LogP contribution in [0.5, 0.6) is 0 Å². The summed E-state index contributed by atoms with van der Waals surface area (Å²) in [5, 5.41) is 0. The van der Waals surface area contributed by atoms with Gasteiger partial charge >= 0.3 is 0 Å². The van der Waals surface area contributed by atoms with Crippen LogP contribution in [0.15, 0.2) is 36.4 Å². The molecule has 58 valence electrons. The maximum Gasteiger partial charge on any atom is 0.123 e. The van der Waals surface area contributed by atoms with Crippen molar-refractivity contribution < 1.29 is 4.39 Å². The van der Waals surface area contributed by atoms with E-state index in [1.807, 2.05) is 25.1 Å². The monoisotopic (exact) mass is 150 g/mol. The van der Waals surface area contributed by atoms with Crippen LogP contribution in [-0.4, -0.2) is 0 Å². The second-order valence-corrected chi connectivity index (χ2v) is 2.40. The van der Waals surface area contributed by atoms with E-state index in [4.69, 9.17) is 0 Å². The third-order valence-corrected chi connectivity index (χ3v) is 1.48. The lowest BCUT2D eigenvalue weighted by Gasteiger charge is -1.94. The highest BCUT2D eigenvalue weighted by atomic mass is 19.1. The molecule has 1 rings (SSSR count). The topological polar surface area (TPSA) is 0 Å². The molecule has 0 saturated carbocycles. The third-order valence-electron chi connectivity index (χ3n) is 1.48.